The Morgan fingerprint density at radius 2 is 1.32 bits per heavy atom. The predicted octanol–water partition coefficient (Wildman–Crippen LogP) is 4.86. The van der Waals surface area contributed by atoms with Crippen molar-refractivity contribution in [1.82, 2.24) is 0 Å². The molecule has 142 valence electrons. The number of methoxy groups -OCH3 is 2. The third kappa shape index (κ3) is 2.98. The highest BCUT2D eigenvalue weighted by Crippen LogP contribution is 2.48. The highest BCUT2D eigenvalue weighted by atomic mass is 32.2. The maximum absolute atomic E-state index is 13.1. The van der Waals surface area contributed by atoms with Gasteiger partial charge in [-0.15, -0.1) is 0 Å². The SMILES string of the molecule is COc1cc2c(cc1OC)-c1ccccc1/C2=C/S(=O)(=O)c1ccc(C)cc1. The zero-order valence-electron chi connectivity index (χ0n) is 15.9. The average molecular weight is 392 g/mol. The number of hydrogen-bond acceptors (Lipinski definition) is 4. The summed E-state index contributed by atoms with van der Waals surface area (Å²) in [6.45, 7) is 1.93. The van der Waals surface area contributed by atoms with Gasteiger partial charge in [0.1, 0.15) is 0 Å². The summed E-state index contributed by atoms with van der Waals surface area (Å²) < 4.78 is 37.0. The number of benzene rings is 3. The molecule has 3 aromatic carbocycles. The third-order valence-corrected chi connectivity index (χ3v) is 6.42. The Bertz CT molecular complexity index is 1190. The van der Waals surface area contributed by atoms with Gasteiger partial charge in [-0.25, -0.2) is 8.42 Å². The number of ether oxygens (including phenoxy) is 2. The molecule has 0 amide bonds. The van der Waals surface area contributed by atoms with E-state index in [0.717, 1.165) is 27.8 Å². The molecule has 5 heteroatoms. The summed E-state index contributed by atoms with van der Waals surface area (Å²) in [6, 6.07) is 18.4. The van der Waals surface area contributed by atoms with Crippen molar-refractivity contribution in [2.75, 3.05) is 14.2 Å². The topological polar surface area (TPSA) is 52.6 Å². The Labute approximate surface area is 165 Å². The van der Waals surface area contributed by atoms with Crippen LogP contribution in [0.25, 0.3) is 16.7 Å². The van der Waals surface area contributed by atoms with Gasteiger partial charge in [0.15, 0.2) is 21.3 Å². The van der Waals surface area contributed by atoms with Gasteiger partial charge < -0.3 is 9.47 Å². The van der Waals surface area contributed by atoms with E-state index in [9.17, 15) is 8.42 Å². The van der Waals surface area contributed by atoms with Crippen molar-refractivity contribution < 1.29 is 17.9 Å². The standard InChI is InChI=1S/C23H20O4S/c1-15-8-10-16(11-9-15)28(24,25)14-21-18-7-5-4-6-17(18)19-12-22(26-2)23(27-3)13-20(19)21/h4-14H,1-3H3/b21-14-. The van der Waals surface area contributed by atoms with Crippen LogP contribution in [0.1, 0.15) is 16.7 Å². The maximum atomic E-state index is 13.1. The van der Waals surface area contributed by atoms with Crippen LogP contribution in [0.5, 0.6) is 11.5 Å². The molecule has 0 atom stereocenters. The van der Waals surface area contributed by atoms with Crippen molar-refractivity contribution in [3.8, 4) is 22.6 Å². The van der Waals surface area contributed by atoms with Gasteiger partial charge in [0, 0.05) is 11.0 Å². The normalized spacial score (nSPS) is 13.9. The summed E-state index contributed by atoms with van der Waals surface area (Å²) in [5.74, 6) is 1.17. The lowest BCUT2D eigenvalue weighted by molar-refractivity contribution is 0.355. The van der Waals surface area contributed by atoms with Crippen LogP contribution in [0.15, 0.2) is 71.0 Å². The Balaban J connectivity index is 1.95. The fraction of sp³-hybridized carbons (Fsp3) is 0.130. The third-order valence-electron chi connectivity index (χ3n) is 4.94. The van der Waals surface area contributed by atoms with E-state index in [0.29, 0.717) is 17.1 Å². The van der Waals surface area contributed by atoms with Crippen molar-refractivity contribution in [1.29, 1.82) is 0 Å². The van der Waals surface area contributed by atoms with Gasteiger partial charge in [-0.3, -0.25) is 0 Å². The first-order valence-electron chi connectivity index (χ1n) is 8.84. The second-order valence-electron chi connectivity index (χ2n) is 6.69. The number of hydrogen-bond donors (Lipinski definition) is 0. The molecular formula is C23H20O4S. The minimum atomic E-state index is -3.62. The van der Waals surface area contributed by atoms with Crippen molar-refractivity contribution >= 4 is 15.4 Å². The van der Waals surface area contributed by atoms with Crippen LogP contribution in [0.3, 0.4) is 0 Å². The molecule has 0 bridgehead atoms. The van der Waals surface area contributed by atoms with Crippen molar-refractivity contribution in [2.45, 2.75) is 11.8 Å². The van der Waals surface area contributed by atoms with Crippen LogP contribution >= 0.6 is 0 Å². The van der Waals surface area contributed by atoms with Crippen LogP contribution in [0.2, 0.25) is 0 Å². The Morgan fingerprint density at radius 1 is 0.750 bits per heavy atom. The van der Waals surface area contributed by atoms with Gasteiger partial charge >= 0.3 is 0 Å². The highest BCUT2D eigenvalue weighted by Gasteiger charge is 2.27. The van der Waals surface area contributed by atoms with Crippen LogP contribution < -0.4 is 9.47 Å². The van der Waals surface area contributed by atoms with Crippen LogP contribution in [0, 0.1) is 6.92 Å². The van der Waals surface area contributed by atoms with Gasteiger partial charge in [0.25, 0.3) is 0 Å². The first-order chi connectivity index (χ1) is 13.4. The number of aryl methyl sites for hydroxylation is 1. The van der Waals surface area contributed by atoms with Gasteiger partial charge in [0.05, 0.1) is 19.1 Å². The molecule has 0 radical (unpaired) electrons. The fourth-order valence-corrected chi connectivity index (χ4v) is 4.72. The lowest BCUT2D eigenvalue weighted by Gasteiger charge is -2.11. The van der Waals surface area contributed by atoms with Crippen molar-refractivity contribution in [3.63, 3.8) is 0 Å². The van der Waals surface area contributed by atoms with E-state index in [2.05, 4.69) is 0 Å². The lowest BCUT2D eigenvalue weighted by atomic mass is 10.0. The molecule has 4 rings (SSSR count). The Morgan fingerprint density at radius 3 is 1.93 bits per heavy atom. The van der Waals surface area contributed by atoms with E-state index in [1.165, 1.54) is 5.41 Å². The van der Waals surface area contributed by atoms with E-state index in [1.807, 2.05) is 43.3 Å². The summed E-state index contributed by atoms with van der Waals surface area (Å²) in [7, 11) is -0.460. The molecule has 4 nitrogen and oxygen atoms in total. The molecule has 0 N–H and O–H groups in total. The van der Waals surface area contributed by atoms with Crippen molar-refractivity contribution in [3.05, 3.63) is 82.8 Å². The molecule has 1 aliphatic carbocycles. The zero-order chi connectivity index (χ0) is 19.9. The Kier molecular flexibility index (Phi) is 4.47. The molecule has 0 heterocycles. The minimum absolute atomic E-state index is 0.275. The van der Waals surface area contributed by atoms with E-state index in [1.54, 1.807) is 38.5 Å². The summed E-state index contributed by atoms with van der Waals surface area (Å²) in [5, 5.41) is 1.36. The molecular weight excluding hydrogens is 372 g/mol. The number of rotatable bonds is 4. The number of sulfone groups is 1. The molecule has 3 aromatic rings. The van der Waals surface area contributed by atoms with E-state index < -0.39 is 9.84 Å². The molecule has 0 fully saturated rings. The van der Waals surface area contributed by atoms with Gasteiger partial charge in [-0.05, 0) is 53.4 Å². The van der Waals surface area contributed by atoms with E-state index >= 15 is 0 Å². The summed E-state index contributed by atoms with van der Waals surface area (Å²) in [4.78, 5) is 0.275. The molecule has 28 heavy (non-hydrogen) atoms. The maximum Gasteiger partial charge on any atom is 0.200 e. The molecule has 0 unspecified atom stereocenters. The molecule has 0 saturated carbocycles. The highest BCUT2D eigenvalue weighted by molar-refractivity contribution is 7.94. The first kappa shape index (κ1) is 18.3. The van der Waals surface area contributed by atoms with Gasteiger partial charge in [-0.1, -0.05) is 42.0 Å². The summed E-state index contributed by atoms with van der Waals surface area (Å²) >= 11 is 0. The van der Waals surface area contributed by atoms with Crippen LogP contribution in [-0.4, -0.2) is 22.6 Å². The predicted molar refractivity (Wildman–Crippen MR) is 110 cm³/mol. The molecule has 1 aliphatic rings. The molecule has 0 spiro atoms. The average Bonchev–Trinajstić information content (AvgIpc) is 3.00. The van der Waals surface area contributed by atoms with Crippen LogP contribution in [0.4, 0.5) is 0 Å². The van der Waals surface area contributed by atoms with E-state index in [4.69, 9.17) is 9.47 Å². The second kappa shape index (κ2) is 6.84. The van der Waals surface area contributed by atoms with E-state index in [-0.39, 0.29) is 4.90 Å². The summed E-state index contributed by atoms with van der Waals surface area (Å²) in [6.07, 6.45) is 0. The smallest absolute Gasteiger partial charge is 0.200 e. The molecule has 0 aromatic heterocycles. The quantitative estimate of drug-likeness (QED) is 0.498. The zero-order valence-corrected chi connectivity index (χ0v) is 16.7. The fourth-order valence-electron chi connectivity index (χ4n) is 3.50. The van der Waals surface area contributed by atoms with Crippen molar-refractivity contribution in [2.24, 2.45) is 0 Å². The second-order valence-corrected chi connectivity index (χ2v) is 8.49. The lowest BCUT2D eigenvalue weighted by Crippen LogP contribution is -1.98. The monoisotopic (exact) mass is 392 g/mol. The van der Waals surface area contributed by atoms with Crippen LogP contribution in [-0.2, 0) is 9.84 Å². The number of fused-ring (bicyclic) bond motifs is 3. The first-order valence-corrected chi connectivity index (χ1v) is 10.4. The van der Waals surface area contributed by atoms with Gasteiger partial charge in [-0.2, -0.15) is 0 Å². The summed E-state index contributed by atoms with van der Waals surface area (Å²) in [5.41, 5.74) is 5.27. The Hall–Kier alpha value is -3.05. The van der Waals surface area contributed by atoms with Gasteiger partial charge in [0.2, 0.25) is 0 Å². The minimum Gasteiger partial charge on any atom is -0.493 e. The molecule has 0 saturated heterocycles. The largest absolute Gasteiger partial charge is 0.493 e. The molecule has 0 aliphatic heterocycles.